The Morgan fingerprint density at radius 2 is 1.93 bits per heavy atom. The number of likely N-dealkylation sites (tertiary alicyclic amines) is 1. The van der Waals surface area contributed by atoms with E-state index in [0.717, 1.165) is 36.1 Å². The van der Waals surface area contributed by atoms with Gasteiger partial charge in [0.05, 0.1) is 5.41 Å². The monoisotopic (exact) mass is 573 g/mol. The maximum atomic E-state index is 14.0. The van der Waals surface area contributed by atoms with Gasteiger partial charge in [-0.25, -0.2) is 9.78 Å². The Labute approximate surface area is 245 Å². The summed E-state index contributed by atoms with van der Waals surface area (Å²) in [5.74, 6) is 0.307. The van der Waals surface area contributed by atoms with Gasteiger partial charge < -0.3 is 31.1 Å². The summed E-state index contributed by atoms with van der Waals surface area (Å²) >= 11 is 0. The summed E-state index contributed by atoms with van der Waals surface area (Å²) < 4.78 is 0. The van der Waals surface area contributed by atoms with E-state index in [1.807, 2.05) is 37.3 Å². The highest BCUT2D eigenvalue weighted by atomic mass is 16.2. The summed E-state index contributed by atoms with van der Waals surface area (Å²) in [4.78, 5) is 60.5. The van der Waals surface area contributed by atoms with E-state index < -0.39 is 10.8 Å². The summed E-state index contributed by atoms with van der Waals surface area (Å²) in [6.07, 6.45) is 5.70. The van der Waals surface area contributed by atoms with Crippen molar-refractivity contribution in [3.63, 3.8) is 0 Å². The van der Waals surface area contributed by atoms with Crippen molar-refractivity contribution in [1.82, 2.24) is 25.4 Å². The number of pyridine rings is 1. The Morgan fingerprint density at radius 3 is 2.67 bits per heavy atom. The van der Waals surface area contributed by atoms with E-state index in [4.69, 9.17) is 0 Å². The van der Waals surface area contributed by atoms with E-state index in [2.05, 4.69) is 26.3 Å². The smallest absolute Gasteiger partial charge is 0.317 e. The average Bonchev–Trinajstić information content (AvgIpc) is 3.52. The molecule has 11 heteroatoms. The average molecular weight is 574 g/mol. The highest BCUT2D eigenvalue weighted by Crippen LogP contribution is 2.47. The molecule has 2 atom stereocenters. The van der Waals surface area contributed by atoms with E-state index in [1.165, 1.54) is 0 Å². The first-order valence-corrected chi connectivity index (χ1v) is 14.9. The predicted octanol–water partition coefficient (Wildman–Crippen LogP) is 2.03. The minimum absolute atomic E-state index is 0.0293. The summed E-state index contributed by atoms with van der Waals surface area (Å²) in [7, 11) is 1.61. The zero-order chi connectivity index (χ0) is 29.5. The Balaban J connectivity index is 1.16. The lowest BCUT2D eigenvalue weighted by Crippen LogP contribution is -2.57. The Bertz CT molecular complexity index is 1410. The molecule has 0 unspecified atom stereocenters. The fraction of sp³-hybridized carbons (Fsp3) is 0.516. The molecular formula is C31H39N7O4. The largest absolute Gasteiger partial charge is 0.341 e. The van der Waals surface area contributed by atoms with Crippen molar-refractivity contribution in [2.45, 2.75) is 56.9 Å². The minimum Gasteiger partial charge on any atom is -0.341 e. The van der Waals surface area contributed by atoms with Gasteiger partial charge in [0.25, 0.3) is 0 Å². The van der Waals surface area contributed by atoms with Gasteiger partial charge in [0, 0.05) is 55.6 Å². The number of hydrogen-bond donors (Lipinski definition) is 4. The van der Waals surface area contributed by atoms with Crippen LogP contribution in [0.15, 0.2) is 36.5 Å². The number of hydrogen-bond acceptors (Lipinski definition) is 6. The van der Waals surface area contributed by atoms with Crippen molar-refractivity contribution in [2.24, 2.45) is 5.41 Å². The molecule has 0 bridgehead atoms. The first-order valence-electron chi connectivity index (χ1n) is 14.9. The number of piperidine rings is 2. The van der Waals surface area contributed by atoms with Crippen LogP contribution in [0.25, 0.3) is 0 Å². The number of urea groups is 1. The zero-order valence-electron chi connectivity index (χ0n) is 24.3. The molecule has 222 valence electrons. The molecule has 1 spiro atoms. The zero-order valence-corrected chi connectivity index (χ0v) is 24.3. The normalized spacial score (nSPS) is 24.0. The number of nitrogens with zero attached hydrogens (tertiary/aromatic N) is 3. The van der Waals surface area contributed by atoms with Gasteiger partial charge in [0.15, 0.2) is 0 Å². The number of anilines is 2. The second-order valence-corrected chi connectivity index (χ2v) is 12.4. The van der Waals surface area contributed by atoms with Crippen LogP contribution in [0.2, 0.25) is 0 Å². The molecule has 6 rings (SSSR count). The molecule has 11 nitrogen and oxygen atoms in total. The van der Waals surface area contributed by atoms with Crippen molar-refractivity contribution in [1.29, 1.82) is 0 Å². The van der Waals surface area contributed by atoms with E-state index in [1.54, 1.807) is 23.0 Å². The van der Waals surface area contributed by atoms with E-state index >= 15 is 0 Å². The molecule has 42 heavy (non-hydrogen) atoms. The van der Waals surface area contributed by atoms with E-state index in [-0.39, 0.29) is 36.3 Å². The molecule has 1 aliphatic carbocycles. The van der Waals surface area contributed by atoms with Crippen LogP contribution in [0, 0.1) is 5.41 Å². The lowest BCUT2D eigenvalue weighted by Gasteiger charge is -2.43. The molecule has 2 aromatic rings. The second-order valence-electron chi connectivity index (χ2n) is 12.4. The lowest BCUT2D eigenvalue weighted by molar-refractivity contribution is -0.148. The Kier molecular flexibility index (Phi) is 7.38. The van der Waals surface area contributed by atoms with Gasteiger partial charge in [0.1, 0.15) is 12.4 Å². The van der Waals surface area contributed by atoms with Gasteiger partial charge in [-0.1, -0.05) is 19.1 Å². The third-order valence-corrected chi connectivity index (χ3v) is 9.64. The molecule has 2 fully saturated rings. The van der Waals surface area contributed by atoms with Crippen molar-refractivity contribution in [3.05, 3.63) is 53.2 Å². The first kappa shape index (κ1) is 28.1. The van der Waals surface area contributed by atoms with Gasteiger partial charge in [-0.3, -0.25) is 14.4 Å². The summed E-state index contributed by atoms with van der Waals surface area (Å²) in [5, 5.41) is 12.0. The summed E-state index contributed by atoms with van der Waals surface area (Å²) in [6.45, 7) is 4.47. The molecule has 4 heterocycles. The van der Waals surface area contributed by atoms with Gasteiger partial charge in [-0.2, -0.15) is 0 Å². The highest BCUT2D eigenvalue weighted by Gasteiger charge is 2.51. The fourth-order valence-electron chi connectivity index (χ4n) is 7.09. The Hall–Kier alpha value is -3.99. The first-order chi connectivity index (χ1) is 20.2. The predicted molar refractivity (Wildman–Crippen MR) is 158 cm³/mol. The quantitative estimate of drug-likeness (QED) is 0.432. The van der Waals surface area contributed by atoms with Gasteiger partial charge in [-0.15, -0.1) is 0 Å². The fourth-order valence-corrected chi connectivity index (χ4v) is 7.09. The molecule has 0 saturated carbocycles. The molecule has 4 N–H and O–H groups in total. The van der Waals surface area contributed by atoms with Crippen LogP contribution >= 0.6 is 0 Å². The molecule has 0 radical (unpaired) electrons. The molecular weight excluding hydrogens is 534 g/mol. The SMILES string of the molecule is CNC(=O)N1CCC(C)(C(=O)N(CC(=O)Nc2ccc3c(c2)C[C@@]2(C3)C(=O)Nc3ncccc32)[C@H]2CCCNC2)CC1. The summed E-state index contributed by atoms with van der Waals surface area (Å²) in [5.41, 5.74) is 2.37. The topological polar surface area (TPSA) is 136 Å². The van der Waals surface area contributed by atoms with Gasteiger partial charge in [-0.05, 0) is 74.4 Å². The van der Waals surface area contributed by atoms with Crippen LogP contribution in [-0.4, -0.2) is 84.3 Å². The number of amides is 5. The van der Waals surface area contributed by atoms with Crippen molar-refractivity contribution >= 4 is 35.3 Å². The van der Waals surface area contributed by atoms with Gasteiger partial charge in [0.2, 0.25) is 17.7 Å². The number of fused-ring (bicyclic) bond motifs is 3. The number of rotatable bonds is 5. The van der Waals surface area contributed by atoms with E-state index in [9.17, 15) is 19.2 Å². The standard InChI is InChI=1S/C31H39N7O4/c1-30(9-13-37(14-10-30)29(42)32-2)28(41)38(23-5-3-11-33-18-23)19-25(39)35-22-8-7-20-16-31(17-21(20)15-22)24-6-4-12-34-26(24)36-27(31)40/h4,6-8,12,15,23,33H,3,5,9-11,13-14,16-19H2,1-2H3,(H,32,42)(H,35,39)(H,34,36,40)/t23-,31+/m0/s1. The number of carbonyl (C=O) groups excluding carboxylic acids is 4. The van der Waals surface area contributed by atoms with Crippen LogP contribution in [0.5, 0.6) is 0 Å². The minimum atomic E-state index is -0.672. The summed E-state index contributed by atoms with van der Waals surface area (Å²) in [6, 6.07) is 9.42. The second kappa shape index (κ2) is 11.0. The van der Waals surface area contributed by atoms with Gasteiger partial charge >= 0.3 is 6.03 Å². The van der Waals surface area contributed by atoms with Crippen LogP contribution in [-0.2, 0) is 32.6 Å². The number of benzene rings is 1. The number of aromatic nitrogens is 1. The van der Waals surface area contributed by atoms with Crippen LogP contribution in [0.3, 0.4) is 0 Å². The lowest BCUT2D eigenvalue weighted by atomic mass is 9.78. The third-order valence-electron chi connectivity index (χ3n) is 9.64. The van der Waals surface area contributed by atoms with Crippen molar-refractivity contribution in [3.8, 4) is 0 Å². The maximum absolute atomic E-state index is 14.0. The molecule has 1 aromatic carbocycles. The van der Waals surface area contributed by atoms with E-state index in [0.29, 0.717) is 56.8 Å². The van der Waals surface area contributed by atoms with Crippen molar-refractivity contribution < 1.29 is 19.2 Å². The molecule has 5 amide bonds. The highest BCUT2D eigenvalue weighted by molar-refractivity contribution is 6.06. The molecule has 4 aliphatic rings. The van der Waals surface area contributed by atoms with Crippen molar-refractivity contribution in [2.75, 3.05) is 50.4 Å². The molecule has 1 aromatic heterocycles. The molecule has 2 saturated heterocycles. The maximum Gasteiger partial charge on any atom is 0.317 e. The van der Waals surface area contributed by atoms with Crippen LogP contribution in [0.4, 0.5) is 16.3 Å². The molecule has 3 aliphatic heterocycles. The number of carbonyl (C=O) groups is 4. The Morgan fingerprint density at radius 1 is 1.14 bits per heavy atom. The van der Waals surface area contributed by atoms with Crippen LogP contribution < -0.4 is 21.3 Å². The van der Waals surface area contributed by atoms with Crippen LogP contribution in [0.1, 0.15) is 49.3 Å². The number of nitrogens with one attached hydrogen (secondary N) is 4. The third kappa shape index (κ3) is 4.99.